The maximum Gasteiger partial charge on any atom is 0.321 e. The van der Waals surface area contributed by atoms with Crippen molar-refractivity contribution >= 4 is 33.3 Å². The van der Waals surface area contributed by atoms with Gasteiger partial charge in [-0.15, -0.1) is 0 Å². The lowest BCUT2D eigenvalue weighted by Crippen LogP contribution is -2.32. The van der Waals surface area contributed by atoms with E-state index in [1.54, 1.807) is 19.1 Å². The Balaban J connectivity index is 1.83. The topological polar surface area (TPSA) is 145 Å². The minimum atomic E-state index is -3.88. The highest BCUT2D eigenvalue weighted by atomic mass is 32.2. The molecule has 0 unspecified atom stereocenters. The molecule has 0 atom stereocenters. The summed E-state index contributed by atoms with van der Waals surface area (Å²) in [6.45, 7) is 2.11. The summed E-state index contributed by atoms with van der Waals surface area (Å²) in [5.74, 6) is -1.60. The van der Waals surface area contributed by atoms with Crippen molar-refractivity contribution in [2.24, 2.45) is 0 Å². The van der Waals surface area contributed by atoms with E-state index in [4.69, 9.17) is 4.74 Å². The van der Waals surface area contributed by atoms with E-state index in [2.05, 4.69) is 10.0 Å². The SMILES string of the molecule is Cc1ccc(S(=O)(=O)NCC(=O)OCC(=O)Nc2ccc([N+](=O)[O-])cc2C)cc1. The first kappa shape index (κ1) is 22.0. The average Bonchev–Trinajstić information content (AvgIpc) is 2.66. The zero-order valence-electron chi connectivity index (χ0n) is 15.7. The molecule has 0 spiro atoms. The van der Waals surface area contributed by atoms with Gasteiger partial charge in [0.05, 0.1) is 9.82 Å². The van der Waals surface area contributed by atoms with Crippen molar-refractivity contribution in [1.82, 2.24) is 4.72 Å². The number of non-ortho nitro benzene ring substituents is 1. The Morgan fingerprint density at radius 2 is 1.76 bits per heavy atom. The summed E-state index contributed by atoms with van der Waals surface area (Å²) in [5.41, 5.74) is 1.56. The third-order valence-corrected chi connectivity index (χ3v) is 5.21. The van der Waals surface area contributed by atoms with Gasteiger partial charge in [0.2, 0.25) is 10.0 Å². The molecular weight excluding hydrogens is 402 g/mol. The summed E-state index contributed by atoms with van der Waals surface area (Å²) in [5, 5.41) is 13.2. The fourth-order valence-electron chi connectivity index (χ4n) is 2.24. The second-order valence-electron chi connectivity index (χ2n) is 6.10. The number of nitro benzene ring substituents is 1. The standard InChI is InChI=1S/C18H19N3O7S/c1-12-3-6-15(7-4-12)29(26,27)19-10-18(23)28-11-17(22)20-16-8-5-14(21(24)25)9-13(16)2/h3-9,19H,10-11H2,1-2H3,(H,20,22). The van der Waals surface area contributed by atoms with Gasteiger partial charge in [-0.25, -0.2) is 8.42 Å². The van der Waals surface area contributed by atoms with Crippen LogP contribution in [0.5, 0.6) is 0 Å². The van der Waals surface area contributed by atoms with Gasteiger partial charge in [-0.3, -0.25) is 19.7 Å². The molecule has 0 aliphatic carbocycles. The maximum atomic E-state index is 12.1. The summed E-state index contributed by atoms with van der Waals surface area (Å²) < 4.78 is 31.0. The Hall–Kier alpha value is -3.31. The Morgan fingerprint density at radius 1 is 1.10 bits per heavy atom. The average molecular weight is 421 g/mol. The molecule has 0 bridgehead atoms. The normalized spacial score (nSPS) is 11.0. The first-order valence-corrected chi connectivity index (χ1v) is 9.83. The van der Waals surface area contributed by atoms with Gasteiger partial charge in [-0.05, 0) is 37.6 Å². The van der Waals surface area contributed by atoms with Gasteiger partial charge >= 0.3 is 5.97 Å². The van der Waals surface area contributed by atoms with E-state index in [0.717, 1.165) is 5.56 Å². The van der Waals surface area contributed by atoms with Crippen LogP contribution in [-0.4, -0.2) is 38.4 Å². The monoisotopic (exact) mass is 421 g/mol. The highest BCUT2D eigenvalue weighted by Gasteiger charge is 2.17. The summed E-state index contributed by atoms with van der Waals surface area (Å²) in [7, 11) is -3.88. The number of amides is 1. The lowest BCUT2D eigenvalue weighted by atomic mass is 10.2. The van der Waals surface area contributed by atoms with Crippen molar-refractivity contribution in [1.29, 1.82) is 0 Å². The quantitative estimate of drug-likeness (QED) is 0.375. The third-order valence-electron chi connectivity index (χ3n) is 3.80. The number of rotatable bonds is 8. The lowest BCUT2D eigenvalue weighted by Gasteiger charge is -2.10. The maximum absolute atomic E-state index is 12.1. The Labute approximate surface area is 167 Å². The second kappa shape index (κ2) is 9.26. The number of nitrogens with zero attached hydrogens (tertiary/aromatic N) is 1. The van der Waals surface area contributed by atoms with E-state index in [1.165, 1.54) is 30.3 Å². The molecule has 2 rings (SSSR count). The number of nitro groups is 1. The number of ether oxygens (including phenoxy) is 1. The fourth-order valence-corrected chi connectivity index (χ4v) is 3.21. The van der Waals surface area contributed by atoms with Gasteiger partial charge in [0, 0.05) is 17.8 Å². The van der Waals surface area contributed by atoms with Crippen molar-refractivity contribution in [2.75, 3.05) is 18.5 Å². The van der Waals surface area contributed by atoms with Gasteiger partial charge in [-0.2, -0.15) is 4.72 Å². The number of nitrogens with one attached hydrogen (secondary N) is 2. The highest BCUT2D eigenvalue weighted by Crippen LogP contribution is 2.21. The van der Waals surface area contributed by atoms with Gasteiger partial charge < -0.3 is 10.1 Å². The number of anilines is 1. The molecule has 2 aromatic rings. The van der Waals surface area contributed by atoms with E-state index >= 15 is 0 Å². The molecule has 0 saturated carbocycles. The van der Waals surface area contributed by atoms with Crippen molar-refractivity contribution in [2.45, 2.75) is 18.7 Å². The van der Waals surface area contributed by atoms with Gasteiger partial charge in [0.25, 0.3) is 11.6 Å². The number of esters is 1. The van der Waals surface area contributed by atoms with Crippen molar-refractivity contribution in [3.8, 4) is 0 Å². The zero-order valence-corrected chi connectivity index (χ0v) is 16.5. The van der Waals surface area contributed by atoms with Crippen LogP contribution < -0.4 is 10.0 Å². The van der Waals surface area contributed by atoms with E-state index in [1.807, 2.05) is 6.92 Å². The molecule has 10 nitrogen and oxygen atoms in total. The van der Waals surface area contributed by atoms with Crippen LogP contribution in [0.25, 0.3) is 0 Å². The molecule has 154 valence electrons. The minimum Gasteiger partial charge on any atom is -0.455 e. The number of carbonyl (C=O) groups is 2. The molecule has 0 aliphatic heterocycles. The molecule has 0 saturated heterocycles. The van der Waals surface area contributed by atoms with Crippen LogP contribution in [0.4, 0.5) is 11.4 Å². The number of benzene rings is 2. The predicted octanol–water partition coefficient (Wildman–Crippen LogP) is 1.67. The Kier molecular flexibility index (Phi) is 7.02. The van der Waals surface area contributed by atoms with Crippen LogP contribution in [0.1, 0.15) is 11.1 Å². The first-order valence-electron chi connectivity index (χ1n) is 8.35. The van der Waals surface area contributed by atoms with Crippen LogP contribution in [0, 0.1) is 24.0 Å². The molecule has 2 N–H and O–H groups in total. The molecule has 0 aromatic heterocycles. The Bertz CT molecular complexity index is 1030. The van der Waals surface area contributed by atoms with Gasteiger partial charge in [-0.1, -0.05) is 17.7 Å². The van der Waals surface area contributed by atoms with Crippen LogP contribution in [0.15, 0.2) is 47.4 Å². The number of aryl methyl sites for hydroxylation is 2. The number of hydrogen-bond acceptors (Lipinski definition) is 7. The van der Waals surface area contributed by atoms with Gasteiger partial charge in [0.15, 0.2) is 6.61 Å². The predicted molar refractivity (Wildman–Crippen MR) is 104 cm³/mol. The smallest absolute Gasteiger partial charge is 0.321 e. The van der Waals surface area contributed by atoms with E-state index in [0.29, 0.717) is 11.3 Å². The molecular formula is C18H19N3O7S. The number of sulfonamides is 1. The molecule has 29 heavy (non-hydrogen) atoms. The summed E-state index contributed by atoms with van der Waals surface area (Å²) >= 11 is 0. The molecule has 0 fully saturated rings. The van der Waals surface area contributed by atoms with Crippen LogP contribution in [-0.2, 0) is 24.3 Å². The van der Waals surface area contributed by atoms with E-state index < -0.39 is 40.0 Å². The zero-order chi connectivity index (χ0) is 21.6. The van der Waals surface area contributed by atoms with Crippen molar-refractivity contribution < 1.29 is 27.7 Å². The van der Waals surface area contributed by atoms with Crippen LogP contribution >= 0.6 is 0 Å². The fraction of sp³-hybridized carbons (Fsp3) is 0.222. The summed E-state index contributed by atoms with van der Waals surface area (Å²) in [6, 6.07) is 9.94. The molecule has 2 aromatic carbocycles. The van der Waals surface area contributed by atoms with Crippen molar-refractivity contribution in [3.63, 3.8) is 0 Å². The minimum absolute atomic E-state index is 0.00212. The lowest BCUT2D eigenvalue weighted by molar-refractivity contribution is -0.384. The summed E-state index contributed by atoms with van der Waals surface area (Å²) in [6.07, 6.45) is 0. The highest BCUT2D eigenvalue weighted by molar-refractivity contribution is 7.89. The van der Waals surface area contributed by atoms with Crippen LogP contribution in [0.2, 0.25) is 0 Å². The molecule has 0 heterocycles. The van der Waals surface area contributed by atoms with Gasteiger partial charge in [0.1, 0.15) is 6.54 Å². The van der Waals surface area contributed by atoms with Crippen molar-refractivity contribution in [3.05, 3.63) is 63.7 Å². The molecule has 1 amide bonds. The molecule has 0 radical (unpaired) electrons. The molecule has 11 heteroatoms. The van der Waals surface area contributed by atoms with Crippen LogP contribution in [0.3, 0.4) is 0 Å². The largest absolute Gasteiger partial charge is 0.455 e. The number of carbonyl (C=O) groups excluding carboxylic acids is 2. The van der Waals surface area contributed by atoms with E-state index in [-0.39, 0.29) is 10.6 Å². The first-order chi connectivity index (χ1) is 13.6. The second-order valence-corrected chi connectivity index (χ2v) is 7.87. The van der Waals surface area contributed by atoms with E-state index in [9.17, 15) is 28.1 Å². The Morgan fingerprint density at radius 3 is 2.34 bits per heavy atom. The summed E-state index contributed by atoms with van der Waals surface area (Å²) in [4.78, 5) is 33.8. The third kappa shape index (κ3) is 6.36. The number of hydrogen-bond donors (Lipinski definition) is 2. The molecule has 0 aliphatic rings.